The standard InChI is InChI=1S/C17H20N2OS/c1-11-9-16(19-21-11)17(20)18-12(2)14-8-7-13-5-3-4-6-15(13)10-14/h7-10,12H,3-6H2,1-2H3,(H,18,20). The maximum Gasteiger partial charge on any atom is 0.271 e. The largest absolute Gasteiger partial charge is 0.344 e. The molecule has 0 radical (unpaired) electrons. The van der Waals surface area contributed by atoms with E-state index in [-0.39, 0.29) is 11.9 Å². The number of carbonyl (C=O) groups excluding carboxylic acids is 1. The first-order chi connectivity index (χ1) is 10.1. The number of aryl methyl sites for hydroxylation is 3. The molecule has 0 fully saturated rings. The summed E-state index contributed by atoms with van der Waals surface area (Å²) in [6, 6.07) is 8.46. The van der Waals surface area contributed by atoms with Gasteiger partial charge in [-0.1, -0.05) is 18.2 Å². The lowest BCUT2D eigenvalue weighted by molar-refractivity contribution is 0.0936. The van der Waals surface area contributed by atoms with Gasteiger partial charge in [0.25, 0.3) is 5.91 Å². The molecule has 0 bridgehead atoms. The number of nitrogens with zero attached hydrogens (tertiary/aromatic N) is 1. The third-order valence-corrected chi connectivity index (χ3v) is 4.77. The summed E-state index contributed by atoms with van der Waals surface area (Å²) in [6.07, 6.45) is 4.92. The van der Waals surface area contributed by atoms with Gasteiger partial charge in [0.1, 0.15) is 5.69 Å². The van der Waals surface area contributed by atoms with E-state index in [0.29, 0.717) is 5.69 Å². The summed E-state index contributed by atoms with van der Waals surface area (Å²) < 4.78 is 4.16. The quantitative estimate of drug-likeness (QED) is 0.936. The highest BCUT2D eigenvalue weighted by Crippen LogP contribution is 2.25. The molecule has 2 aromatic rings. The van der Waals surface area contributed by atoms with E-state index in [1.165, 1.54) is 47.5 Å². The van der Waals surface area contributed by atoms with Crippen molar-refractivity contribution < 1.29 is 4.79 Å². The van der Waals surface area contributed by atoms with E-state index >= 15 is 0 Å². The van der Waals surface area contributed by atoms with Crippen LogP contribution in [0.5, 0.6) is 0 Å². The monoisotopic (exact) mass is 300 g/mol. The van der Waals surface area contributed by atoms with Gasteiger partial charge in [0.05, 0.1) is 6.04 Å². The number of fused-ring (bicyclic) bond motifs is 1. The number of hydrogen-bond donors (Lipinski definition) is 1. The molecule has 1 aliphatic carbocycles. The van der Waals surface area contributed by atoms with Gasteiger partial charge in [-0.2, -0.15) is 4.37 Å². The Balaban J connectivity index is 1.73. The lowest BCUT2D eigenvalue weighted by Gasteiger charge is -2.19. The predicted octanol–water partition coefficient (Wildman–Crippen LogP) is 3.82. The second kappa shape index (κ2) is 5.98. The Morgan fingerprint density at radius 2 is 2.00 bits per heavy atom. The predicted molar refractivity (Wildman–Crippen MR) is 85.8 cm³/mol. The highest BCUT2D eigenvalue weighted by atomic mass is 32.1. The molecule has 0 aliphatic heterocycles. The van der Waals surface area contributed by atoms with Gasteiger partial charge in [-0.05, 0) is 73.8 Å². The SMILES string of the molecule is Cc1cc(C(=O)NC(C)c2ccc3c(c2)CCCC3)ns1. The molecule has 0 saturated carbocycles. The molecule has 0 spiro atoms. The number of aromatic nitrogens is 1. The molecule has 1 amide bonds. The maximum atomic E-state index is 12.2. The number of amides is 1. The number of nitrogens with one attached hydrogen (secondary N) is 1. The second-order valence-corrected chi connectivity index (χ2v) is 6.76. The lowest BCUT2D eigenvalue weighted by Crippen LogP contribution is -2.27. The van der Waals surface area contributed by atoms with Crippen molar-refractivity contribution in [2.24, 2.45) is 0 Å². The summed E-state index contributed by atoms with van der Waals surface area (Å²) in [5.74, 6) is -0.0930. The third kappa shape index (κ3) is 3.16. The van der Waals surface area contributed by atoms with Crippen LogP contribution < -0.4 is 5.32 Å². The average molecular weight is 300 g/mol. The van der Waals surface area contributed by atoms with Gasteiger partial charge in [-0.3, -0.25) is 4.79 Å². The molecule has 1 atom stereocenters. The molecule has 3 nitrogen and oxygen atoms in total. The Morgan fingerprint density at radius 1 is 1.24 bits per heavy atom. The molecule has 1 heterocycles. The van der Waals surface area contributed by atoms with Crippen LogP contribution in [0.25, 0.3) is 0 Å². The lowest BCUT2D eigenvalue weighted by atomic mass is 9.89. The zero-order valence-corrected chi connectivity index (χ0v) is 13.3. The van der Waals surface area contributed by atoms with Crippen LogP contribution in [0.15, 0.2) is 24.3 Å². The van der Waals surface area contributed by atoms with Crippen LogP contribution in [0, 0.1) is 6.92 Å². The van der Waals surface area contributed by atoms with E-state index in [1.54, 1.807) is 0 Å². The molecule has 4 heteroatoms. The summed E-state index contributed by atoms with van der Waals surface area (Å²) in [4.78, 5) is 13.2. The normalized spacial score (nSPS) is 15.3. The molecule has 3 rings (SSSR count). The van der Waals surface area contributed by atoms with Crippen molar-refractivity contribution >= 4 is 17.4 Å². The Bertz CT molecular complexity index is 663. The minimum absolute atomic E-state index is 0.00623. The first-order valence-electron chi connectivity index (χ1n) is 7.49. The van der Waals surface area contributed by atoms with E-state index in [4.69, 9.17) is 0 Å². The molecule has 1 unspecified atom stereocenters. The smallest absolute Gasteiger partial charge is 0.271 e. The van der Waals surface area contributed by atoms with Gasteiger partial charge >= 0.3 is 0 Å². The van der Waals surface area contributed by atoms with Crippen molar-refractivity contribution in [2.75, 3.05) is 0 Å². The Kier molecular flexibility index (Phi) is 4.06. The number of rotatable bonds is 3. The third-order valence-electron chi connectivity index (χ3n) is 4.08. The van der Waals surface area contributed by atoms with E-state index in [9.17, 15) is 4.79 Å². The topological polar surface area (TPSA) is 42.0 Å². The fourth-order valence-electron chi connectivity index (χ4n) is 2.85. The van der Waals surface area contributed by atoms with E-state index in [2.05, 4.69) is 27.9 Å². The molecule has 1 aromatic carbocycles. The van der Waals surface area contributed by atoms with Crippen LogP contribution in [0.2, 0.25) is 0 Å². The van der Waals surface area contributed by atoms with Gasteiger partial charge in [0.2, 0.25) is 0 Å². The average Bonchev–Trinajstić information content (AvgIpc) is 2.93. The van der Waals surface area contributed by atoms with Crippen LogP contribution in [0.3, 0.4) is 0 Å². The zero-order chi connectivity index (χ0) is 14.8. The fourth-order valence-corrected chi connectivity index (χ4v) is 3.39. The molecule has 1 aliphatic rings. The van der Waals surface area contributed by atoms with Crippen molar-refractivity contribution in [3.63, 3.8) is 0 Å². The number of hydrogen-bond acceptors (Lipinski definition) is 3. The zero-order valence-electron chi connectivity index (χ0n) is 12.5. The summed E-state index contributed by atoms with van der Waals surface area (Å²) in [5.41, 5.74) is 4.61. The molecule has 0 saturated heterocycles. The summed E-state index contributed by atoms with van der Waals surface area (Å²) >= 11 is 1.36. The molecular weight excluding hydrogens is 280 g/mol. The fraction of sp³-hybridized carbons (Fsp3) is 0.412. The summed E-state index contributed by atoms with van der Waals surface area (Å²) in [5, 5.41) is 3.04. The highest BCUT2D eigenvalue weighted by Gasteiger charge is 2.16. The molecule has 1 aromatic heterocycles. The summed E-state index contributed by atoms with van der Waals surface area (Å²) in [7, 11) is 0. The van der Waals surface area contributed by atoms with Crippen molar-refractivity contribution in [1.82, 2.24) is 9.69 Å². The molecule has 21 heavy (non-hydrogen) atoms. The maximum absolute atomic E-state index is 12.2. The first kappa shape index (κ1) is 14.3. The van der Waals surface area contributed by atoms with Crippen molar-refractivity contribution in [2.45, 2.75) is 45.6 Å². The Hall–Kier alpha value is -1.68. The van der Waals surface area contributed by atoms with Gasteiger partial charge in [-0.25, -0.2) is 0 Å². The van der Waals surface area contributed by atoms with Gasteiger partial charge in [0, 0.05) is 4.88 Å². The van der Waals surface area contributed by atoms with Gasteiger partial charge in [0.15, 0.2) is 0 Å². The Morgan fingerprint density at radius 3 is 2.71 bits per heavy atom. The minimum atomic E-state index is -0.0930. The van der Waals surface area contributed by atoms with Crippen molar-refractivity contribution in [3.05, 3.63) is 51.5 Å². The Labute approximate surface area is 129 Å². The van der Waals surface area contributed by atoms with Crippen LogP contribution in [0.4, 0.5) is 0 Å². The van der Waals surface area contributed by atoms with Gasteiger partial charge < -0.3 is 5.32 Å². The van der Waals surface area contributed by atoms with Crippen molar-refractivity contribution in [1.29, 1.82) is 0 Å². The number of benzene rings is 1. The van der Waals surface area contributed by atoms with Gasteiger partial charge in [-0.15, -0.1) is 0 Å². The first-order valence-corrected chi connectivity index (χ1v) is 8.27. The van der Waals surface area contributed by atoms with Crippen LogP contribution in [0.1, 0.15) is 57.9 Å². The summed E-state index contributed by atoms with van der Waals surface area (Å²) in [6.45, 7) is 3.99. The second-order valence-electron chi connectivity index (χ2n) is 5.75. The molecule has 110 valence electrons. The van der Waals surface area contributed by atoms with Crippen LogP contribution >= 0.6 is 11.5 Å². The molecular formula is C17H20N2OS. The minimum Gasteiger partial charge on any atom is -0.344 e. The van der Waals surface area contributed by atoms with Crippen LogP contribution in [-0.2, 0) is 12.8 Å². The van der Waals surface area contributed by atoms with E-state index in [1.807, 2.05) is 19.9 Å². The van der Waals surface area contributed by atoms with E-state index < -0.39 is 0 Å². The number of carbonyl (C=O) groups is 1. The van der Waals surface area contributed by atoms with Crippen LogP contribution in [-0.4, -0.2) is 10.3 Å². The van der Waals surface area contributed by atoms with Crippen molar-refractivity contribution in [3.8, 4) is 0 Å². The van der Waals surface area contributed by atoms with E-state index in [0.717, 1.165) is 11.3 Å². The molecule has 1 N–H and O–H groups in total. The highest BCUT2D eigenvalue weighted by molar-refractivity contribution is 7.05.